The van der Waals surface area contributed by atoms with Gasteiger partial charge in [-0.25, -0.2) is 0 Å². The number of rotatable bonds is 6. The molecule has 100 valence electrons. The molecule has 1 rings (SSSR count). The van der Waals surface area contributed by atoms with Gasteiger partial charge in [-0.1, -0.05) is 38.3 Å². The zero-order chi connectivity index (χ0) is 12.9. The van der Waals surface area contributed by atoms with Gasteiger partial charge in [-0.05, 0) is 39.8 Å². The molecule has 1 atom stereocenters. The van der Waals surface area contributed by atoms with Gasteiger partial charge in [0.15, 0.2) is 0 Å². The van der Waals surface area contributed by atoms with E-state index in [4.69, 9.17) is 5.84 Å². The van der Waals surface area contributed by atoms with E-state index in [1.165, 1.54) is 37.7 Å². The molecule has 0 radical (unpaired) electrons. The van der Waals surface area contributed by atoms with Crippen molar-refractivity contribution in [3.05, 3.63) is 12.2 Å². The molecule has 1 unspecified atom stereocenters. The van der Waals surface area contributed by atoms with Gasteiger partial charge in [-0.2, -0.15) is 0 Å². The predicted molar refractivity (Wildman–Crippen MR) is 74.7 cm³/mol. The smallest absolute Gasteiger partial charge is 0.0431 e. The lowest BCUT2D eigenvalue weighted by atomic mass is 9.73. The minimum Gasteiger partial charge on any atom is -0.302 e. The zero-order valence-corrected chi connectivity index (χ0v) is 11.8. The first kappa shape index (κ1) is 14.7. The Kier molecular flexibility index (Phi) is 5.63. The Balaban J connectivity index is 2.82. The standard InChI is InChI=1S/C14H29N3/c1-5-12(2)11-13(16-15)14(17(3)4)9-7-6-8-10-14/h13,16H,2,5-11,15H2,1,3-4H3. The normalized spacial score (nSPS) is 21.5. The number of hydrogen-bond donors (Lipinski definition) is 2. The van der Waals surface area contributed by atoms with Crippen LogP contribution in [0, 0.1) is 0 Å². The largest absolute Gasteiger partial charge is 0.302 e. The summed E-state index contributed by atoms with van der Waals surface area (Å²) in [5.74, 6) is 5.81. The Hall–Kier alpha value is -0.380. The fourth-order valence-electron chi connectivity index (χ4n) is 3.11. The van der Waals surface area contributed by atoms with Crippen molar-refractivity contribution in [3.63, 3.8) is 0 Å². The van der Waals surface area contributed by atoms with Crippen molar-refractivity contribution in [1.82, 2.24) is 10.3 Å². The van der Waals surface area contributed by atoms with E-state index in [0.717, 1.165) is 12.8 Å². The van der Waals surface area contributed by atoms with Crippen molar-refractivity contribution < 1.29 is 0 Å². The molecule has 1 fully saturated rings. The van der Waals surface area contributed by atoms with Gasteiger partial charge in [0.2, 0.25) is 0 Å². The highest BCUT2D eigenvalue weighted by Gasteiger charge is 2.41. The number of hydrazine groups is 1. The highest BCUT2D eigenvalue weighted by molar-refractivity contribution is 5.07. The van der Waals surface area contributed by atoms with E-state index >= 15 is 0 Å². The van der Waals surface area contributed by atoms with Gasteiger partial charge >= 0.3 is 0 Å². The van der Waals surface area contributed by atoms with E-state index < -0.39 is 0 Å². The van der Waals surface area contributed by atoms with E-state index in [1.54, 1.807) is 0 Å². The lowest BCUT2D eigenvalue weighted by Crippen LogP contribution is -2.61. The third-order valence-corrected chi connectivity index (χ3v) is 4.45. The molecule has 0 aromatic rings. The quantitative estimate of drug-likeness (QED) is 0.425. The van der Waals surface area contributed by atoms with Gasteiger partial charge in [0.05, 0.1) is 0 Å². The van der Waals surface area contributed by atoms with E-state index in [2.05, 4.69) is 37.9 Å². The maximum absolute atomic E-state index is 5.81. The Morgan fingerprint density at radius 3 is 2.35 bits per heavy atom. The fourth-order valence-corrected chi connectivity index (χ4v) is 3.11. The molecular formula is C14H29N3. The van der Waals surface area contributed by atoms with Gasteiger partial charge in [-0.3, -0.25) is 11.3 Å². The summed E-state index contributed by atoms with van der Waals surface area (Å²) in [6.07, 6.45) is 8.51. The lowest BCUT2D eigenvalue weighted by molar-refractivity contribution is 0.0567. The van der Waals surface area contributed by atoms with Crippen LogP contribution in [0.5, 0.6) is 0 Å². The minimum atomic E-state index is 0.213. The Morgan fingerprint density at radius 1 is 1.35 bits per heavy atom. The number of hydrogen-bond acceptors (Lipinski definition) is 3. The van der Waals surface area contributed by atoms with Crippen LogP contribution in [0.15, 0.2) is 12.2 Å². The average molecular weight is 239 g/mol. The van der Waals surface area contributed by atoms with Crippen LogP contribution < -0.4 is 11.3 Å². The molecule has 1 saturated carbocycles. The van der Waals surface area contributed by atoms with Gasteiger partial charge in [0.1, 0.15) is 0 Å². The maximum atomic E-state index is 5.81. The molecule has 0 bridgehead atoms. The molecule has 0 aliphatic heterocycles. The molecule has 0 spiro atoms. The second-order valence-corrected chi connectivity index (χ2v) is 5.59. The summed E-state index contributed by atoms with van der Waals surface area (Å²) in [6, 6.07) is 0.324. The van der Waals surface area contributed by atoms with Crippen molar-refractivity contribution in [2.75, 3.05) is 14.1 Å². The Morgan fingerprint density at radius 2 is 1.94 bits per heavy atom. The second kappa shape index (κ2) is 6.53. The number of nitrogens with one attached hydrogen (secondary N) is 1. The first-order chi connectivity index (χ1) is 8.06. The van der Waals surface area contributed by atoms with E-state index in [0.29, 0.717) is 6.04 Å². The third kappa shape index (κ3) is 3.30. The van der Waals surface area contributed by atoms with Crippen LogP contribution in [0.2, 0.25) is 0 Å². The predicted octanol–water partition coefficient (Wildman–Crippen LogP) is 2.44. The third-order valence-electron chi connectivity index (χ3n) is 4.45. The van der Waals surface area contributed by atoms with Crippen LogP contribution in [0.3, 0.4) is 0 Å². The molecule has 1 aliphatic carbocycles. The first-order valence-electron chi connectivity index (χ1n) is 6.87. The molecule has 0 aromatic carbocycles. The van der Waals surface area contributed by atoms with Crippen LogP contribution in [-0.2, 0) is 0 Å². The van der Waals surface area contributed by atoms with Crippen LogP contribution in [0.4, 0.5) is 0 Å². The van der Waals surface area contributed by atoms with Crippen molar-refractivity contribution >= 4 is 0 Å². The first-order valence-corrected chi connectivity index (χ1v) is 6.87. The summed E-state index contributed by atoms with van der Waals surface area (Å²) >= 11 is 0. The number of likely N-dealkylation sites (N-methyl/N-ethyl adjacent to an activating group) is 1. The van der Waals surface area contributed by atoms with Crippen LogP contribution >= 0.6 is 0 Å². The molecule has 0 saturated heterocycles. The number of nitrogens with two attached hydrogens (primary N) is 1. The van der Waals surface area contributed by atoms with Crippen molar-refractivity contribution in [2.45, 2.75) is 63.5 Å². The molecule has 0 aromatic heterocycles. The topological polar surface area (TPSA) is 41.3 Å². The van der Waals surface area contributed by atoms with Crippen molar-refractivity contribution in [1.29, 1.82) is 0 Å². The molecule has 3 N–H and O–H groups in total. The summed E-state index contributed by atoms with van der Waals surface area (Å²) < 4.78 is 0. The highest BCUT2D eigenvalue weighted by Crippen LogP contribution is 2.37. The van der Waals surface area contributed by atoms with Gasteiger partial charge < -0.3 is 4.90 Å². The molecule has 0 heterocycles. The van der Waals surface area contributed by atoms with Gasteiger partial charge in [0.25, 0.3) is 0 Å². The minimum absolute atomic E-state index is 0.213. The van der Waals surface area contributed by atoms with Crippen molar-refractivity contribution in [3.8, 4) is 0 Å². The molecule has 3 nitrogen and oxygen atoms in total. The van der Waals surface area contributed by atoms with Gasteiger partial charge in [-0.15, -0.1) is 0 Å². The van der Waals surface area contributed by atoms with E-state index in [-0.39, 0.29) is 5.54 Å². The van der Waals surface area contributed by atoms with E-state index in [9.17, 15) is 0 Å². The Bertz CT molecular complexity index is 242. The van der Waals surface area contributed by atoms with Crippen LogP contribution in [-0.4, -0.2) is 30.6 Å². The summed E-state index contributed by atoms with van der Waals surface area (Å²) in [4.78, 5) is 2.37. The van der Waals surface area contributed by atoms with Gasteiger partial charge in [0, 0.05) is 11.6 Å². The molecule has 3 heteroatoms. The molecular weight excluding hydrogens is 210 g/mol. The van der Waals surface area contributed by atoms with Crippen molar-refractivity contribution in [2.24, 2.45) is 5.84 Å². The molecule has 17 heavy (non-hydrogen) atoms. The molecule has 1 aliphatic rings. The second-order valence-electron chi connectivity index (χ2n) is 5.59. The summed E-state index contributed by atoms with van der Waals surface area (Å²) in [6.45, 7) is 6.30. The molecule has 0 amide bonds. The summed E-state index contributed by atoms with van der Waals surface area (Å²) in [7, 11) is 4.37. The zero-order valence-electron chi connectivity index (χ0n) is 11.8. The Labute approximate surface area is 106 Å². The van der Waals surface area contributed by atoms with Crippen LogP contribution in [0.1, 0.15) is 51.9 Å². The van der Waals surface area contributed by atoms with Crippen LogP contribution in [0.25, 0.3) is 0 Å². The highest BCUT2D eigenvalue weighted by atomic mass is 15.3. The fraction of sp³-hybridized carbons (Fsp3) is 0.857. The average Bonchev–Trinajstić information content (AvgIpc) is 2.36. The van der Waals surface area contributed by atoms with E-state index in [1.807, 2.05) is 0 Å². The maximum Gasteiger partial charge on any atom is 0.0431 e. The monoisotopic (exact) mass is 239 g/mol. The number of nitrogens with zero attached hydrogens (tertiary/aromatic N) is 1. The summed E-state index contributed by atoms with van der Waals surface area (Å²) in [5, 5.41) is 0. The SMILES string of the molecule is C=C(CC)CC(NN)C1(N(C)C)CCCCC1. The lowest BCUT2D eigenvalue weighted by Gasteiger charge is -2.48. The summed E-state index contributed by atoms with van der Waals surface area (Å²) in [5.41, 5.74) is 4.56.